The number of ether oxygens (including phenoxy) is 1. The number of piperidine rings is 1. The molecule has 2 N–H and O–H groups in total. The Morgan fingerprint density at radius 2 is 2.33 bits per heavy atom. The van der Waals surface area contributed by atoms with Crippen molar-refractivity contribution in [3.63, 3.8) is 0 Å². The number of thiophene rings is 1. The van der Waals surface area contributed by atoms with E-state index in [2.05, 4.69) is 5.32 Å². The van der Waals surface area contributed by atoms with E-state index in [4.69, 9.17) is 16.3 Å². The molecule has 1 fully saturated rings. The molecule has 6 nitrogen and oxygen atoms in total. The van der Waals surface area contributed by atoms with Crippen molar-refractivity contribution in [1.82, 2.24) is 10.2 Å². The number of carbonyl (C=O) groups is 2. The minimum absolute atomic E-state index is 0.00254. The second-order valence-electron chi connectivity index (χ2n) is 4.81. The van der Waals surface area contributed by atoms with Crippen LogP contribution >= 0.6 is 22.9 Å². The fraction of sp³-hybridized carbons (Fsp3) is 0.538. The summed E-state index contributed by atoms with van der Waals surface area (Å²) >= 11 is 6.98. The predicted molar refractivity (Wildman–Crippen MR) is 79.7 cm³/mol. The van der Waals surface area contributed by atoms with Crippen LogP contribution in [0.25, 0.3) is 0 Å². The Labute approximate surface area is 131 Å². The number of halogens is 1. The molecule has 1 aromatic rings. The lowest BCUT2D eigenvalue weighted by Gasteiger charge is -2.36. The van der Waals surface area contributed by atoms with E-state index in [0.717, 1.165) is 0 Å². The number of rotatable bonds is 4. The molecule has 1 aliphatic rings. The van der Waals surface area contributed by atoms with Gasteiger partial charge in [-0.05, 0) is 18.6 Å². The van der Waals surface area contributed by atoms with Crippen molar-refractivity contribution in [2.24, 2.45) is 0 Å². The van der Waals surface area contributed by atoms with Gasteiger partial charge >= 0.3 is 0 Å². The van der Waals surface area contributed by atoms with E-state index in [0.29, 0.717) is 22.2 Å². The van der Waals surface area contributed by atoms with Gasteiger partial charge in [-0.15, -0.1) is 11.3 Å². The lowest BCUT2D eigenvalue weighted by atomic mass is 10.0. The summed E-state index contributed by atoms with van der Waals surface area (Å²) < 4.78 is 5.33. The normalized spacial score (nSPS) is 22.1. The van der Waals surface area contributed by atoms with Crippen LogP contribution in [0.15, 0.2) is 12.1 Å². The molecule has 0 bridgehead atoms. The minimum Gasteiger partial charge on any atom is -0.389 e. The van der Waals surface area contributed by atoms with Crippen molar-refractivity contribution >= 4 is 34.8 Å². The fourth-order valence-corrected chi connectivity index (χ4v) is 3.16. The summed E-state index contributed by atoms with van der Waals surface area (Å²) in [5.41, 5.74) is 0. The molecule has 0 unspecified atom stereocenters. The Morgan fingerprint density at radius 3 is 2.90 bits per heavy atom. The summed E-state index contributed by atoms with van der Waals surface area (Å²) in [6, 6.07) is 2.93. The smallest absolute Gasteiger partial charge is 0.261 e. The predicted octanol–water partition coefficient (Wildman–Crippen LogP) is 0.740. The number of hydrogen-bond donors (Lipinski definition) is 2. The van der Waals surface area contributed by atoms with Gasteiger partial charge in [0.1, 0.15) is 6.61 Å². The van der Waals surface area contributed by atoms with E-state index in [1.165, 1.54) is 18.4 Å². The van der Waals surface area contributed by atoms with Crippen molar-refractivity contribution in [3.05, 3.63) is 21.3 Å². The number of aliphatic hydroxyl groups is 1. The Balaban J connectivity index is 1.89. The summed E-state index contributed by atoms with van der Waals surface area (Å²) in [6.45, 7) is 0.672. The maximum absolute atomic E-state index is 12.0. The molecule has 0 aliphatic carbocycles. The average molecular weight is 333 g/mol. The maximum Gasteiger partial charge on any atom is 0.261 e. The van der Waals surface area contributed by atoms with Gasteiger partial charge in [-0.3, -0.25) is 9.59 Å². The third kappa shape index (κ3) is 4.16. The number of methoxy groups -OCH3 is 1. The van der Waals surface area contributed by atoms with Crippen molar-refractivity contribution < 1.29 is 19.4 Å². The topological polar surface area (TPSA) is 78.9 Å². The third-order valence-corrected chi connectivity index (χ3v) is 4.55. The minimum atomic E-state index is -0.793. The molecule has 116 valence electrons. The highest BCUT2D eigenvalue weighted by Gasteiger charge is 2.31. The molecule has 0 saturated carbocycles. The van der Waals surface area contributed by atoms with Crippen LogP contribution < -0.4 is 5.32 Å². The number of amides is 2. The van der Waals surface area contributed by atoms with Gasteiger partial charge in [0.05, 0.1) is 21.4 Å². The quantitative estimate of drug-likeness (QED) is 0.852. The van der Waals surface area contributed by atoms with E-state index in [9.17, 15) is 14.7 Å². The Hall–Kier alpha value is -1.15. The lowest BCUT2D eigenvalue weighted by Crippen LogP contribution is -2.55. The number of likely N-dealkylation sites (tertiary alicyclic amines) is 1. The van der Waals surface area contributed by atoms with Crippen molar-refractivity contribution in [2.45, 2.75) is 18.6 Å². The largest absolute Gasteiger partial charge is 0.389 e. The molecular weight excluding hydrogens is 316 g/mol. The Morgan fingerprint density at radius 1 is 1.57 bits per heavy atom. The molecule has 0 aromatic carbocycles. The van der Waals surface area contributed by atoms with E-state index >= 15 is 0 Å². The zero-order chi connectivity index (χ0) is 15.4. The Bertz CT molecular complexity index is 522. The molecular formula is C13H17ClN2O4S. The second kappa shape index (κ2) is 7.22. The van der Waals surface area contributed by atoms with Crippen LogP contribution in [0, 0.1) is 0 Å². The highest BCUT2D eigenvalue weighted by atomic mass is 35.5. The molecule has 0 radical (unpaired) electrons. The van der Waals surface area contributed by atoms with Gasteiger partial charge in [-0.1, -0.05) is 11.6 Å². The van der Waals surface area contributed by atoms with Gasteiger partial charge in [0.15, 0.2) is 0 Å². The van der Waals surface area contributed by atoms with Crippen LogP contribution in [-0.4, -0.2) is 60.8 Å². The highest BCUT2D eigenvalue weighted by molar-refractivity contribution is 7.17. The highest BCUT2D eigenvalue weighted by Crippen LogP contribution is 2.22. The maximum atomic E-state index is 12.0. The summed E-state index contributed by atoms with van der Waals surface area (Å²) in [5.74, 6) is -0.418. The summed E-state index contributed by atoms with van der Waals surface area (Å²) in [5, 5.41) is 12.9. The molecule has 2 rings (SSSR count). The molecule has 2 heterocycles. The number of hydrogen-bond acceptors (Lipinski definition) is 5. The molecule has 2 amide bonds. The summed E-state index contributed by atoms with van der Waals surface area (Å²) in [4.78, 5) is 25.8. The van der Waals surface area contributed by atoms with E-state index in [-0.39, 0.29) is 31.0 Å². The fourth-order valence-electron chi connectivity index (χ4n) is 2.22. The number of β-amino-alcohol motifs (C(OH)–C–C–N with tert-alkyl or cyclic N) is 1. The molecule has 1 aliphatic heterocycles. The second-order valence-corrected chi connectivity index (χ2v) is 6.53. The molecule has 1 aromatic heterocycles. The molecule has 0 spiro atoms. The average Bonchev–Trinajstić information content (AvgIpc) is 2.88. The van der Waals surface area contributed by atoms with E-state index < -0.39 is 6.10 Å². The lowest BCUT2D eigenvalue weighted by molar-refractivity contribution is -0.138. The first-order chi connectivity index (χ1) is 10.0. The summed E-state index contributed by atoms with van der Waals surface area (Å²) in [7, 11) is 1.45. The van der Waals surface area contributed by atoms with Crippen molar-refractivity contribution in [3.8, 4) is 0 Å². The number of nitrogens with one attached hydrogen (secondary N) is 1. The summed E-state index contributed by atoms with van der Waals surface area (Å²) in [6.07, 6.45) is -0.291. The standard InChI is InChI=1S/C13H17ClN2O4S/c1-20-7-12(18)16-5-4-8(9(17)6-16)15-13(19)10-2-3-11(14)21-10/h2-3,8-9,17H,4-7H2,1H3,(H,15,19)/t8-,9-/m1/s1. The number of nitrogens with zero attached hydrogens (tertiary/aromatic N) is 1. The van der Waals surface area contributed by atoms with Crippen LogP contribution in [0.1, 0.15) is 16.1 Å². The van der Waals surface area contributed by atoms with Crippen LogP contribution in [-0.2, 0) is 9.53 Å². The van der Waals surface area contributed by atoms with E-state index in [1.54, 1.807) is 17.0 Å². The van der Waals surface area contributed by atoms with Crippen LogP contribution in [0.5, 0.6) is 0 Å². The van der Waals surface area contributed by atoms with Crippen LogP contribution in [0.2, 0.25) is 4.34 Å². The van der Waals surface area contributed by atoms with Gasteiger partial charge in [0.25, 0.3) is 5.91 Å². The SMILES string of the molecule is COCC(=O)N1CC[C@@H](NC(=O)c2ccc(Cl)s2)[C@H](O)C1. The first-order valence-corrected chi connectivity index (χ1v) is 7.71. The molecule has 21 heavy (non-hydrogen) atoms. The monoisotopic (exact) mass is 332 g/mol. The van der Waals surface area contributed by atoms with Crippen molar-refractivity contribution in [2.75, 3.05) is 26.8 Å². The zero-order valence-electron chi connectivity index (χ0n) is 11.5. The molecule has 2 atom stereocenters. The molecule has 8 heteroatoms. The number of aliphatic hydroxyl groups excluding tert-OH is 1. The van der Waals surface area contributed by atoms with Gasteiger partial charge in [-0.2, -0.15) is 0 Å². The van der Waals surface area contributed by atoms with Gasteiger partial charge in [-0.25, -0.2) is 0 Å². The van der Waals surface area contributed by atoms with Gasteiger partial charge in [0, 0.05) is 20.2 Å². The van der Waals surface area contributed by atoms with Gasteiger partial charge in [0.2, 0.25) is 5.91 Å². The van der Waals surface area contributed by atoms with Crippen LogP contribution in [0.4, 0.5) is 0 Å². The number of carbonyl (C=O) groups excluding carboxylic acids is 2. The third-order valence-electron chi connectivity index (χ3n) is 3.32. The van der Waals surface area contributed by atoms with E-state index in [1.807, 2.05) is 0 Å². The van der Waals surface area contributed by atoms with Gasteiger partial charge < -0.3 is 20.1 Å². The van der Waals surface area contributed by atoms with Crippen molar-refractivity contribution in [1.29, 1.82) is 0 Å². The molecule has 1 saturated heterocycles. The Kier molecular flexibility index (Phi) is 5.58. The van der Waals surface area contributed by atoms with Crippen LogP contribution in [0.3, 0.4) is 0 Å². The first-order valence-electron chi connectivity index (χ1n) is 6.52. The zero-order valence-corrected chi connectivity index (χ0v) is 13.1. The first kappa shape index (κ1) is 16.2.